The van der Waals surface area contributed by atoms with Crippen molar-refractivity contribution >= 4 is 5.91 Å². The van der Waals surface area contributed by atoms with Crippen LogP contribution in [0.1, 0.15) is 36.8 Å². The first kappa shape index (κ1) is 14.0. The lowest BCUT2D eigenvalue weighted by molar-refractivity contribution is -0.121. The van der Waals surface area contributed by atoms with Crippen LogP contribution in [0.15, 0.2) is 18.5 Å². The summed E-state index contributed by atoms with van der Waals surface area (Å²) in [7, 11) is 0. The maximum atomic E-state index is 11.8. The number of aromatic nitrogens is 1. The van der Waals surface area contributed by atoms with Crippen LogP contribution in [0.2, 0.25) is 0 Å². The fraction of sp³-hybridized carbons (Fsp3) is 0.600. The van der Waals surface area contributed by atoms with E-state index in [-0.39, 0.29) is 5.91 Å². The van der Waals surface area contributed by atoms with E-state index in [1.807, 2.05) is 19.2 Å². The van der Waals surface area contributed by atoms with E-state index in [0.29, 0.717) is 18.9 Å². The molecule has 0 bridgehead atoms. The van der Waals surface area contributed by atoms with Crippen LogP contribution in [-0.2, 0) is 11.3 Å². The summed E-state index contributed by atoms with van der Waals surface area (Å²) in [6.07, 6.45) is 7.66. The number of aryl methyl sites for hydroxylation is 1. The number of amides is 1. The zero-order valence-electron chi connectivity index (χ0n) is 11.6. The highest BCUT2D eigenvalue weighted by Crippen LogP contribution is 2.17. The van der Waals surface area contributed by atoms with Crippen LogP contribution in [0.3, 0.4) is 0 Å². The van der Waals surface area contributed by atoms with E-state index in [0.717, 1.165) is 25.1 Å². The van der Waals surface area contributed by atoms with Crippen LogP contribution in [0.4, 0.5) is 0 Å². The predicted octanol–water partition coefficient (Wildman–Crippen LogP) is 1.79. The molecule has 1 aromatic rings. The molecule has 104 valence electrons. The molecule has 4 nitrogen and oxygen atoms in total. The maximum Gasteiger partial charge on any atom is 0.220 e. The highest BCUT2D eigenvalue weighted by Gasteiger charge is 2.14. The van der Waals surface area contributed by atoms with Crippen LogP contribution >= 0.6 is 0 Å². The van der Waals surface area contributed by atoms with Gasteiger partial charge in [0.15, 0.2) is 0 Å². The van der Waals surface area contributed by atoms with Gasteiger partial charge in [-0.1, -0.05) is 0 Å². The van der Waals surface area contributed by atoms with Gasteiger partial charge in [-0.3, -0.25) is 9.78 Å². The lowest BCUT2D eigenvalue weighted by atomic mass is 9.93. The van der Waals surface area contributed by atoms with E-state index in [1.54, 1.807) is 6.20 Å². The van der Waals surface area contributed by atoms with Crippen molar-refractivity contribution in [2.45, 2.75) is 39.2 Å². The number of nitrogens with zero attached hydrogens (tertiary/aromatic N) is 1. The fourth-order valence-electron chi connectivity index (χ4n) is 2.47. The minimum Gasteiger partial charge on any atom is -0.352 e. The number of nitrogens with one attached hydrogen (secondary N) is 2. The number of pyridine rings is 1. The molecule has 19 heavy (non-hydrogen) atoms. The molecular formula is C15H23N3O. The van der Waals surface area contributed by atoms with Crippen molar-refractivity contribution in [3.8, 4) is 0 Å². The molecule has 1 saturated heterocycles. The molecule has 1 aliphatic heterocycles. The Hall–Kier alpha value is -1.42. The van der Waals surface area contributed by atoms with E-state index < -0.39 is 0 Å². The summed E-state index contributed by atoms with van der Waals surface area (Å²) in [4.78, 5) is 15.9. The summed E-state index contributed by atoms with van der Waals surface area (Å²) in [6.45, 7) is 4.82. The molecule has 1 aromatic heterocycles. The van der Waals surface area contributed by atoms with E-state index in [9.17, 15) is 4.79 Å². The lowest BCUT2D eigenvalue weighted by Crippen LogP contribution is -2.29. The summed E-state index contributed by atoms with van der Waals surface area (Å²) in [5.74, 6) is 0.869. The van der Waals surface area contributed by atoms with Gasteiger partial charge in [0.25, 0.3) is 0 Å². The van der Waals surface area contributed by atoms with E-state index in [1.165, 1.54) is 18.4 Å². The second kappa shape index (κ2) is 7.24. The molecule has 0 radical (unpaired) electrons. The molecule has 2 rings (SSSR count). The van der Waals surface area contributed by atoms with Gasteiger partial charge in [0.2, 0.25) is 5.91 Å². The summed E-state index contributed by atoms with van der Waals surface area (Å²) in [5, 5.41) is 6.33. The van der Waals surface area contributed by atoms with Gasteiger partial charge in [-0.25, -0.2) is 0 Å². The smallest absolute Gasteiger partial charge is 0.220 e. The van der Waals surface area contributed by atoms with Crippen LogP contribution in [0, 0.1) is 12.8 Å². The molecule has 2 heterocycles. The molecule has 4 heteroatoms. The Labute approximate surface area is 115 Å². The lowest BCUT2D eigenvalue weighted by Gasteiger charge is -2.22. The monoisotopic (exact) mass is 261 g/mol. The minimum absolute atomic E-state index is 0.154. The Morgan fingerprint density at radius 1 is 1.47 bits per heavy atom. The van der Waals surface area contributed by atoms with Gasteiger partial charge < -0.3 is 10.6 Å². The van der Waals surface area contributed by atoms with Crippen LogP contribution < -0.4 is 10.6 Å². The van der Waals surface area contributed by atoms with Crippen LogP contribution in [0.25, 0.3) is 0 Å². The van der Waals surface area contributed by atoms with Gasteiger partial charge in [-0.2, -0.15) is 0 Å². The molecule has 0 aromatic carbocycles. The zero-order valence-corrected chi connectivity index (χ0v) is 11.6. The predicted molar refractivity (Wildman–Crippen MR) is 75.6 cm³/mol. The van der Waals surface area contributed by atoms with Crippen molar-refractivity contribution in [3.63, 3.8) is 0 Å². The Morgan fingerprint density at radius 3 is 3.00 bits per heavy atom. The topological polar surface area (TPSA) is 54.0 Å². The molecule has 0 unspecified atom stereocenters. The third kappa shape index (κ3) is 4.63. The van der Waals surface area contributed by atoms with Gasteiger partial charge >= 0.3 is 0 Å². The summed E-state index contributed by atoms with van der Waals surface area (Å²) in [6, 6.07) is 1.97. The molecule has 0 aliphatic carbocycles. The third-order valence-corrected chi connectivity index (χ3v) is 3.86. The molecule has 1 aliphatic rings. The van der Waals surface area contributed by atoms with Gasteiger partial charge in [0.1, 0.15) is 0 Å². The summed E-state index contributed by atoms with van der Waals surface area (Å²) >= 11 is 0. The summed E-state index contributed by atoms with van der Waals surface area (Å²) < 4.78 is 0. The van der Waals surface area contributed by atoms with Gasteiger partial charge in [0.05, 0.1) is 0 Å². The fourth-order valence-corrected chi connectivity index (χ4v) is 2.47. The van der Waals surface area contributed by atoms with Crippen molar-refractivity contribution in [2.75, 3.05) is 13.1 Å². The number of carbonyl (C=O) groups is 1. The first-order valence-electron chi connectivity index (χ1n) is 7.12. The number of hydrogen-bond acceptors (Lipinski definition) is 3. The second-order valence-corrected chi connectivity index (χ2v) is 5.31. The Bertz CT molecular complexity index is 414. The Balaban J connectivity index is 1.68. The molecular weight excluding hydrogens is 238 g/mol. The summed E-state index contributed by atoms with van der Waals surface area (Å²) in [5.41, 5.74) is 2.27. The number of piperidine rings is 1. The Morgan fingerprint density at radius 2 is 2.26 bits per heavy atom. The van der Waals surface area contributed by atoms with Crippen molar-refractivity contribution in [1.82, 2.24) is 15.6 Å². The molecule has 1 fully saturated rings. The average molecular weight is 261 g/mol. The standard InChI is InChI=1S/C15H23N3O/c1-12-4-7-17-10-14(12)11-18-15(19)3-2-13-5-8-16-9-6-13/h4,7,10,13,16H,2-3,5-6,8-9,11H2,1H3,(H,18,19). The van der Waals surface area contributed by atoms with Crippen molar-refractivity contribution in [1.29, 1.82) is 0 Å². The number of rotatable bonds is 5. The largest absolute Gasteiger partial charge is 0.352 e. The first-order valence-corrected chi connectivity index (χ1v) is 7.12. The minimum atomic E-state index is 0.154. The Kier molecular flexibility index (Phi) is 5.33. The van der Waals surface area contributed by atoms with Gasteiger partial charge in [-0.05, 0) is 62.4 Å². The normalized spacial score (nSPS) is 16.3. The van der Waals surface area contributed by atoms with Gasteiger partial charge in [0, 0.05) is 25.4 Å². The van der Waals surface area contributed by atoms with Gasteiger partial charge in [-0.15, -0.1) is 0 Å². The van der Waals surface area contributed by atoms with Crippen LogP contribution in [0.5, 0.6) is 0 Å². The molecule has 1 amide bonds. The van der Waals surface area contributed by atoms with Crippen LogP contribution in [-0.4, -0.2) is 24.0 Å². The van der Waals surface area contributed by atoms with E-state index in [2.05, 4.69) is 15.6 Å². The maximum absolute atomic E-state index is 11.8. The highest BCUT2D eigenvalue weighted by atomic mass is 16.1. The quantitative estimate of drug-likeness (QED) is 0.849. The van der Waals surface area contributed by atoms with E-state index >= 15 is 0 Å². The van der Waals surface area contributed by atoms with Crippen molar-refractivity contribution < 1.29 is 4.79 Å². The zero-order chi connectivity index (χ0) is 13.5. The molecule has 0 saturated carbocycles. The molecule has 0 spiro atoms. The number of carbonyl (C=O) groups excluding carboxylic acids is 1. The second-order valence-electron chi connectivity index (χ2n) is 5.31. The molecule has 0 atom stereocenters. The third-order valence-electron chi connectivity index (χ3n) is 3.86. The first-order chi connectivity index (χ1) is 9.25. The SMILES string of the molecule is Cc1ccncc1CNC(=O)CCC1CCNCC1. The highest BCUT2D eigenvalue weighted by molar-refractivity contribution is 5.75. The molecule has 2 N–H and O–H groups in total. The van der Waals surface area contributed by atoms with Crippen molar-refractivity contribution in [3.05, 3.63) is 29.6 Å². The number of hydrogen-bond donors (Lipinski definition) is 2. The van der Waals surface area contributed by atoms with Crippen molar-refractivity contribution in [2.24, 2.45) is 5.92 Å². The average Bonchev–Trinajstić information content (AvgIpc) is 2.45. The van der Waals surface area contributed by atoms with E-state index in [4.69, 9.17) is 0 Å².